The highest BCUT2D eigenvalue weighted by Crippen LogP contribution is 2.22. The Morgan fingerprint density at radius 3 is 2.59 bits per heavy atom. The van der Waals surface area contributed by atoms with Gasteiger partial charge in [0.25, 0.3) is 5.56 Å². The van der Waals surface area contributed by atoms with E-state index in [9.17, 15) is 9.59 Å². The topological polar surface area (TPSA) is 89.8 Å². The monoisotopic (exact) mass is 473 g/mol. The van der Waals surface area contributed by atoms with E-state index in [1.54, 1.807) is 12.4 Å². The Bertz CT molecular complexity index is 1250. The van der Waals surface area contributed by atoms with E-state index in [4.69, 9.17) is 0 Å². The minimum atomic E-state index is -0.348. The molecule has 1 aromatic carbocycles. The number of benzene rings is 1. The molecule has 4 rings (SSSR count). The van der Waals surface area contributed by atoms with Gasteiger partial charge in [-0.15, -0.1) is 0 Å². The van der Waals surface area contributed by atoms with Crippen LogP contribution < -0.4 is 10.9 Å². The van der Waals surface area contributed by atoms with Gasteiger partial charge < -0.3 is 5.32 Å². The van der Waals surface area contributed by atoms with Gasteiger partial charge in [0.05, 0.1) is 0 Å². The standard InChI is InChI=1S/C26H27N5O2S/c1-2-23-25(33)29-26(34-18-20-12-14-27-15-13-20)31(30-23)17-24(32)28-16-19-8-10-22(11-9-19)21-6-4-3-5-7-21/h4,6-15H,2-3,5,16-18H2,1H3,(H,28,32). The molecule has 1 aliphatic rings. The zero-order valence-corrected chi connectivity index (χ0v) is 19.9. The summed E-state index contributed by atoms with van der Waals surface area (Å²) in [6.45, 7) is 2.26. The molecule has 0 atom stereocenters. The first-order valence-corrected chi connectivity index (χ1v) is 12.3. The molecule has 0 fully saturated rings. The van der Waals surface area contributed by atoms with E-state index >= 15 is 0 Å². The second kappa shape index (κ2) is 11.6. The molecule has 1 amide bonds. The maximum Gasteiger partial charge on any atom is 0.295 e. The molecule has 0 saturated heterocycles. The molecule has 1 N–H and O–H groups in total. The molecule has 0 aliphatic heterocycles. The van der Waals surface area contributed by atoms with Gasteiger partial charge in [-0.25, -0.2) is 4.68 Å². The van der Waals surface area contributed by atoms with Crippen LogP contribution in [0.5, 0.6) is 0 Å². The Morgan fingerprint density at radius 1 is 1.09 bits per heavy atom. The molecule has 7 nitrogen and oxygen atoms in total. The van der Waals surface area contributed by atoms with Crippen LogP contribution in [0.3, 0.4) is 0 Å². The van der Waals surface area contributed by atoms with Crippen LogP contribution in [0, 0.1) is 0 Å². The van der Waals surface area contributed by atoms with Crippen LogP contribution in [0.25, 0.3) is 5.57 Å². The Morgan fingerprint density at radius 2 is 1.88 bits per heavy atom. The molecule has 0 bridgehead atoms. The van der Waals surface area contributed by atoms with Crippen molar-refractivity contribution >= 4 is 23.2 Å². The number of allylic oxidation sites excluding steroid dienone is 4. The van der Waals surface area contributed by atoms with Gasteiger partial charge >= 0.3 is 0 Å². The molecule has 0 radical (unpaired) electrons. The number of hydrogen-bond acceptors (Lipinski definition) is 6. The second-order valence-corrected chi connectivity index (χ2v) is 8.86. The van der Waals surface area contributed by atoms with Crippen LogP contribution in [0.4, 0.5) is 0 Å². The maximum atomic E-state index is 12.7. The van der Waals surface area contributed by atoms with E-state index in [1.807, 2.05) is 31.2 Å². The van der Waals surface area contributed by atoms with Crippen LogP contribution in [0.1, 0.15) is 42.1 Å². The molecular weight excluding hydrogens is 446 g/mol. The molecule has 8 heteroatoms. The van der Waals surface area contributed by atoms with Crippen LogP contribution in [-0.4, -0.2) is 25.7 Å². The number of hydrogen-bond donors (Lipinski definition) is 1. The number of aryl methyl sites for hydroxylation is 1. The molecule has 0 spiro atoms. The molecule has 0 unspecified atom stereocenters. The third-order valence-corrected chi connectivity index (χ3v) is 6.46. The van der Waals surface area contributed by atoms with Crippen LogP contribution in [-0.2, 0) is 30.1 Å². The van der Waals surface area contributed by atoms with Crippen LogP contribution >= 0.6 is 11.8 Å². The number of carbonyl (C=O) groups excluding carboxylic acids is 1. The van der Waals surface area contributed by atoms with Crippen molar-refractivity contribution < 1.29 is 4.79 Å². The summed E-state index contributed by atoms with van der Waals surface area (Å²) in [7, 11) is 0. The lowest BCUT2D eigenvalue weighted by Gasteiger charge is -2.13. The van der Waals surface area contributed by atoms with Gasteiger partial charge in [0, 0.05) is 24.7 Å². The van der Waals surface area contributed by atoms with Gasteiger partial charge in [0.1, 0.15) is 12.2 Å². The molecule has 0 saturated carbocycles. The highest BCUT2D eigenvalue weighted by molar-refractivity contribution is 7.98. The first-order valence-electron chi connectivity index (χ1n) is 11.3. The number of rotatable bonds is 9. The lowest BCUT2D eigenvalue weighted by Crippen LogP contribution is -2.31. The van der Waals surface area contributed by atoms with E-state index in [2.05, 4.69) is 50.7 Å². The number of pyridine rings is 1. The largest absolute Gasteiger partial charge is 0.350 e. The second-order valence-electron chi connectivity index (χ2n) is 7.91. The average molecular weight is 474 g/mol. The van der Waals surface area contributed by atoms with Crippen LogP contribution in [0.15, 0.2) is 77.0 Å². The van der Waals surface area contributed by atoms with Crippen molar-refractivity contribution in [3.8, 4) is 0 Å². The fourth-order valence-electron chi connectivity index (χ4n) is 3.53. The van der Waals surface area contributed by atoms with E-state index < -0.39 is 0 Å². The number of aromatic nitrogens is 4. The predicted molar refractivity (Wildman–Crippen MR) is 134 cm³/mol. The van der Waals surface area contributed by atoms with E-state index in [0.717, 1.165) is 24.0 Å². The minimum absolute atomic E-state index is 0.00524. The molecule has 1 aliphatic carbocycles. The summed E-state index contributed by atoms with van der Waals surface area (Å²) in [6.07, 6.45) is 12.7. The number of carbonyl (C=O) groups is 1. The van der Waals surface area contributed by atoms with Gasteiger partial charge in [-0.05, 0) is 53.7 Å². The predicted octanol–water partition coefficient (Wildman–Crippen LogP) is 3.94. The third kappa shape index (κ3) is 6.29. The zero-order chi connectivity index (χ0) is 23.8. The molecular formula is C26H27N5O2S. The smallest absolute Gasteiger partial charge is 0.295 e. The molecule has 2 heterocycles. The SMILES string of the molecule is CCc1nn(CC(=O)NCc2ccc(C3=CCCC=C3)cc2)c(SCc2ccncc2)nc1=O. The van der Waals surface area contributed by atoms with Crippen molar-refractivity contribution in [2.45, 2.75) is 50.2 Å². The van der Waals surface area contributed by atoms with Crippen LogP contribution in [0.2, 0.25) is 0 Å². The Labute approximate surface area is 203 Å². The zero-order valence-electron chi connectivity index (χ0n) is 19.1. The number of thioether (sulfide) groups is 1. The fraction of sp³-hybridized carbons (Fsp3) is 0.269. The summed E-state index contributed by atoms with van der Waals surface area (Å²) in [5.41, 5.74) is 4.49. The van der Waals surface area contributed by atoms with Crippen molar-refractivity contribution in [2.75, 3.05) is 0 Å². The number of nitrogens with zero attached hydrogens (tertiary/aromatic N) is 4. The van der Waals surface area contributed by atoms with E-state index in [0.29, 0.717) is 29.6 Å². The molecule has 3 aromatic rings. The summed E-state index contributed by atoms with van der Waals surface area (Å²) in [5, 5.41) is 7.77. The molecule has 2 aromatic heterocycles. The Hall–Kier alpha value is -3.52. The van der Waals surface area contributed by atoms with E-state index in [-0.39, 0.29) is 18.0 Å². The fourth-order valence-corrected chi connectivity index (χ4v) is 4.42. The van der Waals surface area contributed by atoms with E-state index in [1.165, 1.54) is 27.6 Å². The molecule has 174 valence electrons. The summed E-state index contributed by atoms with van der Waals surface area (Å²) >= 11 is 1.38. The third-order valence-electron chi connectivity index (χ3n) is 5.42. The Balaban J connectivity index is 1.39. The van der Waals surface area contributed by atoms with Crippen molar-refractivity contribution in [3.63, 3.8) is 0 Å². The maximum absolute atomic E-state index is 12.7. The molecule has 34 heavy (non-hydrogen) atoms. The number of amides is 1. The summed E-state index contributed by atoms with van der Waals surface area (Å²) in [5.74, 6) is 0.412. The van der Waals surface area contributed by atoms with Gasteiger partial charge in [0.2, 0.25) is 5.91 Å². The highest BCUT2D eigenvalue weighted by Gasteiger charge is 2.13. The average Bonchev–Trinajstić information content (AvgIpc) is 2.89. The van der Waals surface area contributed by atoms with Crippen molar-refractivity contribution in [1.29, 1.82) is 0 Å². The minimum Gasteiger partial charge on any atom is -0.350 e. The van der Waals surface area contributed by atoms with Crippen molar-refractivity contribution in [2.24, 2.45) is 0 Å². The van der Waals surface area contributed by atoms with Gasteiger partial charge in [-0.2, -0.15) is 10.1 Å². The lowest BCUT2D eigenvalue weighted by molar-refractivity contribution is -0.122. The quantitative estimate of drug-likeness (QED) is 0.474. The normalized spacial score (nSPS) is 12.9. The van der Waals surface area contributed by atoms with Gasteiger partial charge in [-0.3, -0.25) is 14.6 Å². The Kier molecular flexibility index (Phi) is 8.04. The summed E-state index contributed by atoms with van der Waals surface area (Å²) < 4.78 is 1.52. The van der Waals surface area contributed by atoms with Crippen molar-refractivity contribution in [1.82, 2.24) is 25.1 Å². The highest BCUT2D eigenvalue weighted by atomic mass is 32.2. The summed E-state index contributed by atoms with van der Waals surface area (Å²) in [6, 6.07) is 12.0. The first-order chi connectivity index (χ1) is 16.6. The van der Waals surface area contributed by atoms with Gasteiger partial charge in [-0.1, -0.05) is 61.2 Å². The number of nitrogens with one attached hydrogen (secondary N) is 1. The lowest BCUT2D eigenvalue weighted by atomic mass is 9.99. The first kappa shape index (κ1) is 23.6. The van der Waals surface area contributed by atoms with Crippen molar-refractivity contribution in [3.05, 3.63) is 99.8 Å². The summed E-state index contributed by atoms with van der Waals surface area (Å²) in [4.78, 5) is 33.2. The van der Waals surface area contributed by atoms with Gasteiger partial charge in [0.15, 0.2) is 5.16 Å².